The Morgan fingerprint density at radius 2 is 1.53 bits per heavy atom. The topological polar surface area (TPSA) is 80.9 Å². The number of aliphatic carboxylic acids is 1. The maximum atomic E-state index is 13.0. The van der Waals surface area contributed by atoms with E-state index in [0.717, 1.165) is 17.2 Å². The minimum Gasteiger partial charge on any atom is -0.478 e. The number of hydrogen-bond acceptors (Lipinski definition) is 4. The van der Waals surface area contributed by atoms with E-state index in [-0.39, 0.29) is 17.2 Å². The van der Waals surface area contributed by atoms with E-state index in [9.17, 15) is 36.2 Å². The molecule has 3 aromatic rings. The Morgan fingerprint density at radius 3 is 2.03 bits per heavy atom. The molecule has 0 atom stereocenters. The zero-order chi connectivity index (χ0) is 22.1. The van der Waals surface area contributed by atoms with E-state index in [1.807, 2.05) is 0 Å². The van der Waals surface area contributed by atoms with Crippen LogP contribution in [0.15, 0.2) is 49.1 Å². The Bertz CT molecular complexity index is 1070. The van der Waals surface area contributed by atoms with E-state index in [2.05, 4.69) is 15.1 Å². The SMILES string of the molecule is O=C(O)/C(=C\n1cnc(-c2cc(C(F)(F)F)cc(C(F)(F)F)c2)n1)c1ccncc1. The van der Waals surface area contributed by atoms with Crippen molar-refractivity contribution >= 4 is 17.7 Å². The molecule has 0 aliphatic carbocycles. The number of carboxylic acid groups (broad SMARTS) is 1. The van der Waals surface area contributed by atoms with Crippen LogP contribution >= 0.6 is 0 Å². The molecule has 0 fully saturated rings. The second-order valence-corrected chi connectivity index (χ2v) is 5.93. The van der Waals surface area contributed by atoms with Gasteiger partial charge in [-0.15, -0.1) is 5.10 Å². The molecular weight excluding hydrogens is 418 g/mol. The number of benzene rings is 1. The number of nitrogens with zero attached hydrogens (tertiary/aromatic N) is 4. The van der Waals surface area contributed by atoms with E-state index < -0.39 is 40.8 Å². The van der Waals surface area contributed by atoms with Crippen LogP contribution in [0.1, 0.15) is 16.7 Å². The molecule has 1 aromatic carbocycles. The van der Waals surface area contributed by atoms with Gasteiger partial charge >= 0.3 is 18.3 Å². The molecule has 2 heterocycles. The summed E-state index contributed by atoms with van der Waals surface area (Å²) < 4.78 is 79.0. The Hall–Kier alpha value is -3.70. The zero-order valence-corrected chi connectivity index (χ0v) is 14.6. The molecule has 2 aromatic heterocycles. The second-order valence-electron chi connectivity index (χ2n) is 5.93. The molecule has 0 amide bonds. The number of halogens is 6. The molecule has 12 heteroatoms. The van der Waals surface area contributed by atoms with Crippen LogP contribution in [0, 0.1) is 0 Å². The molecule has 156 valence electrons. The summed E-state index contributed by atoms with van der Waals surface area (Å²) in [6, 6.07) is 3.77. The average Bonchev–Trinajstić information content (AvgIpc) is 3.13. The van der Waals surface area contributed by atoms with Crippen LogP contribution in [0.25, 0.3) is 23.2 Å². The maximum Gasteiger partial charge on any atom is 0.416 e. The van der Waals surface area contributed by atoms with Gasteiger partial charge in [-0.2, -0.15) is 26.3 Å². The van der Waals surface area contributed by atoms with Crippen molar-refractivity contribution in [3.63, 3.8) is 0 Å². The fourth-order valence-corrected chi connectivity index (χ4v) is 2.47. The van der Waals surface area contributed by atoms with Crippen molar-refractivity contribution in [3.8, 4) is 11.4 Å². The molecule has 0 unspecified atom stereocenters. The molecule has 3 rings (SSSR count). The van der Waals surface area contributed by atoms with Crippen LogP contribution in [0.4, 0.5) is 26.3 Å². The normalized spacial score (nSPS) is 12.8. The van der Waals surface area contributed by atoms with Crippen molar-refractivity contribution < 1.29 is 36.2 Å². The molecule has 0 saturated heterocycles. The van der Waals surface area contributed by atoms with Gasteiger partial charge in [0.15, 0.2) is 5.82 Å². The fraction of sp³-hybridized carbons (Fsp3) is 0.111. The molecule has 0 aliphatic rings. The standard InChI is InChI=1S/C18H10F6N4O2/c19-17(20,21)12-5-11(6-13(7-12)18(22,23)24)15-26-9-28(27-15)8-14(16(29)30)10-1-3-25-4-2-10/h1-9H,(H,29,30)/b14-8-. The number of carbonyl (C=O) groups is 1. The lowest BCUT2D eigenvalue weighted by Gasteiger charge is -2.13. The number of rotatable bonds is 4. The Kier molecular flexibility index (Phi) is 5.33. The van der Waals surface area contributed by atoms with Gasteiger partial charge in [0, 0.05) is 24.2 Å². The molecular formula is C18H10F6N4O2. The third kappa shape index (κ3) is 4.64. The van der Waals surface area contributed by atoms with Crippen molar-refractivity contribution in [2.24, 2.45) is 0 Å². The van der Waals surface area contributed by atoms with Crippen LogP contribution in [0.3, 0.4) is 0 Å². The number of alkyl halides is 6. The summed E-state index contributed by atoms with van der Waals surface area (Å²) in [6.45, 7) is 0. The number of hydrogen-bond donors (Lipinski definition) is 1. The zero-order valence-electron chi connectivity index (χ0n) is 14.6. The highest BCUT2D eigenvalue weighted by atomic mass is 19.4. The molecule has 0 bridgehead atoms. The molecule has 0 saturated carbocycles. The molecule has 0 radical (unpaired) electrons. The predicted molar refractivity (Wildman–Crippen MR) is 91.5 cm³/mol. The summed E-state index contributed by atoms with van der Waals surface area (Å²) in [7, 11) is 0. The van der Waals surface area contributed by atoms with Crippen molar-refractivity contribution in [2.75, 3.05) is 0 Å². The maximum absolute atomic E-state index is 13.0. The van der Waals surface area contributed by atoms with Crippen molar-refractivity contribution in [1.82, 2.24) is 19.7 Å². The molecule has 0 aliphatic heterocycles. The number of pyridine rings is 1. The minimum atomic E-state index is -5.02. The lowest BCUT2D eigenvalue weighted by Crippen LogP contribution is -2.11. The quantitative estimate of drug-likeness (QED) is 0.490. The second kappa shape index (κ2) is 7.61. The highest BCUT2D eigenvalue weighted by molar-refractivity contribution is 6.19. The smallest absolute Gasteiger partial charge is 0.416 e. The first-order valence-corrected chi connectivity index (χ1v) is 8.01. The highest BCUT2D eigenvalue weighted by Gasteiger charge is 2.37. The van der Waals surface area contributed by atoms with Crippen molar-refractivity contribution in [2.45, 2.75) is 12.4 Å². The van der Waals surface area contributed by atoms with Crippen LogP contribution in [-0.2, 0) is 17.1 Å². The molecule has 30 heavy (non-hydrogen) atoms. The number of carboxylic acids is 1. The van der Waals surface area contributed by atoms with Crippen LogP contribution in [-0.4, -0.2) is 30.8 Å². The van der Waals surface area contributed by atoms with E-state index in [0.29, 0.717) is 12.1 Å². The molecule has 6 nitrogen and oxygen atoms in total. The van der Waals surface area contributed by atoms with Gasteiger partial charge in [-0.1, -0.05) is 0 Å². The van der Waals surface area contributed by atoms with Gasteiger partial charge < -0.3 is 5.11 Å². The minimum absolute atomic E-state index is 0.00757. The molecule has 1 N–H and O–H groups in total. The van der Waals surface area contributed by atoms with Gasteiger partial charge in [-0.3, -0.25) is 4.98 Å². The highest BCUT2D eigenvalue weighted by Crippen LogP contribution is 2.38. The molecule has 0 spiro atoms. The van der Waals surface area contributed by atoms with E-state index in [4.69, 9.17) is 0 Å². The summed E-state index contributed by atoms with van der Waals surface area (Å²) in [6.07, 6.45) is -5.35. The van der Waals surface area contributed by atoms with Gasteiger partial charge in [-0.05, 0) is 35.9 Å². The third-order valence-corrected chi connectivity index (χ3v) is 3.84. The van der Waals surface area contributed by atoms with E-state index >= 15 is 0 Å². The van der Waals surface area contributed by atoms with Gasteiger partial charge in [0.1, 0.15) is 6.33 Å². The summed E-state index contributed by atoms with van der Waals surface area (Å²) in [4.78, 5) is 19.0. The predicted octanol–water partition coefficient (Wildman–Crippen LogP) is 4.46. The van der Waals surface area contributed by atoms with Crippen LogP contribution in [0.2, 0.25) is 0 Å². The van der Waals surface area contributed by atoms with E-state index in [1.54, 1.807) is 0 Å². The largest absolute Gasteiger partial charge is 0.478 e. The third-order valence-electron chi connectivity index (χ3n) is 3.84. The van der Waals surface area contributed by atoms with Gasteiger partial charge in [0.25, 0.3) is 0 Å². The Balaban J connectivity index is 2.06. The van der Waals surface area contributed by atoms with Crippen molar-refractivity contribution in [3.05, 3.63) is 65.7 Å². The first kappa shape index (κ1) is 21.0. The van der Waals surface area contributed by atoms with Gasteiger partial charge in [0.2, 0.25) is 0 Å². The van der Waals surface area contributed by atoms with Gasteiger partial charge in [0.05, 0.1) is 16.7 Å². The van der Waals surface area contributed by atoms with E-state index in [1.165, 1.54) is 24.5 Å². The Labute approximate surface area is 164 Å². The average molecular weight is 428 g/mol. The summed E-state index contributed by atoms with van der Waals surface area (Å²) in [5, 5.41) is 13.2. The lowest BCUT2D eigenvalue weighted by atomic mass is 10.0. The first-order valence-electron chi connectivity index (χ1n) is 8.01. The number of aromatic nitrogens is 4. The summed E-state index contributed by atoms with van der Waals surface area (Å²) in [5.74, 6) is -1.78. The van der Waals surface area contributed by atoms with Crippen LogP contribution in [0.5, 0.6) is 0 Å². The first-order chi connectivity index (χ1) is 13.9. The monoisotopic (exact) mass is 428 g/mol. The van der Waals surface area contributed by atoms with Crippen molar-refractivity contribution in [1.29, 1.82) is 0 Å². The summed E-state index contributed by atoms with van der Waals surface area (Å²) in [5.41, 5.74) is -3.53. The van der Waals surface area contributed by atoms with Crippen LogP contribution < -0.4 is 0 Å². The fourth-order valence-electron chi connectivity index (χ4n) is 2.47. The lowest BCUT2D eigenvalue weighted by molar-refractivity contribution is -0.143. The Morgan fingerprint density at radius 1 is 0.967 bits per heavy atom. The van der Waals surface area contributed by atoms with Gasteiger partial charge in [-0.25, -0.2) is 14.5 Å². The summed E-state index contributed by atoms with van der Waals surface area (Å²) >= 11 is 0.